The fourth-order valence-electron chi connectivity index (χ4n) is 2.00. The van der Waals surface area contributed by atoms with Crippen molar-refractivity contribution in [2.75, 3.05) is 11.9 Å². The number of hydrogen-bond acceptors (Lipinski definition) is 4. The van der Waals surface area contributed by atoms with Gasteiger partial charge in [0.05, 0.1) is 16.7 Å². The second-order valence-corrected chi connectivity index (χ2v) is 4.40. The first kappa shape index (κ1) is 13.3. The van der Waals surface area contributed by atoms with Gasteiger partial charge in [0.2, 0.25) is 5.91 Å². The second kappa shape index (κ2) is 5.64. The van der Waals surface area contributed by atoms with Crippen LogP contribution in [0.3, 0.4) is 0 Å². The van der Waals surface area contributed by atoms with E-state index in [4.69, 9.17) is 0 Å². The van der Waals surface area contributed by atoms with E-state index in [9.17, 15) is 19.3 Å². The first-order chi connectivity index (χ1) is 9.08. The predicted octanol–water partition coefficient (Wildman–Crippen LogP) is 1.81. The first-order valence-electron chi connectivity index (χ1n) is 6.06. The molecule has 19 heavy (non-hydrogen) atoms. The summed E-state index contributed by atoms with van der Waals surface area (Å²) in [5.74, 6) is -0.901. The number of carbonyl (C=O) groups is 1. The molecule has 6 nitrogen and oxygen atoms in total. The number of nitrogens with one attached hydrogen (secondary N) is 2. The quantitative estimate of drug-likeness (QED) is 0.646. The average molecular weight is 267 g/mol. The van der Waals surface area contributed by atoms with Gasteiger partial charge in [0.25, 0.3) is 5.69 Å². The van der Waals surface area contributed by atoms with Crippen molar-refractivity contribution in [3.63, 3.8) is 0 Å². The van der Waals surface area contributed by atoms with E-state index < -0.39 is 16.8 Å². The average Bonchev–Trinajstić information content (AvgIpc) is 2.57. The predicted molar refractivity (Wildman–Crippen MR) is 67.3 cm³/mol. The lowest BCUT2D eigenvalue weighted by Gasteiger charge is -2.16. The van der Waals surface area contributed by atoms with E-state index in [1.807, 2.05) is 0 Å². The zero-order valence-corrected chi connectivity index (χ0v) is 10.2. The molecule has 0 spiro atoms. The minimum atomic E-state index is -0.730. The van der Waals surface area contributed by atoms with Gasteiger partial charge in [-0.25, -0.2) is 4.39 Å². The normalized spacial score (nSPS) is 19.4. The van der Waals surface area contributed by atoms with Crippen molar-refractivity contribution in [2.45, 2.75) is 25.3 Å². The molecule has 1 unspecified atom stereocenters. The third-order valence-corrected chi connectivity index (χ3v) is 3.03. The van der Waals surface area contributed by atoms with Crippen LogP contribution >= 0.6 is 0 Å². The Labute approximate surface area is 109 Å². The number of nitrogens with zero attached hydrogens (tertiary/aromatic N) is 1. The number of nitro groups is 1. The van der Waals surface area contributed by atoms with E-state index in [1.54, 1.807) is 0 Å². The molecule has 0 bridgehead atoms. The lowest BCUT2D eigenvalue weighted by Crippen LogP contribution is -2.38. The van der Waals surface area contributed by atoms with Crippen molar-refractivity contribution in [1.29, 1.82) is 0 Å². The molecule has 0 saturated carbocycles. The Kier molecular flexibility index (Phi) is 3.94. The Balaban J connectivity index is 2.14. The minimum absolute atomic E-state index is 0.104. The molecular formula is C12H14FN3O3. The number of benzene rings is 1. The molecule has 1 aliphatic heterocycles. The van der Waals surface area contributed by atoms with Crippen LogP contribution in [0, 0.1) is 15.9 Å². The van der Waals surface area contributed by atoms with Crippen LogP contribution in [0.4, 0.5) is 15.8 Å². The summed E-state index contributed by atoms with van der Waals surface area (Å²) in [5, 5.41) is 16.0. The Morgan fingerprint density at radius 2 is 2.21 bits per heavy atom. The van der Waals surface area contributed by atoms with Crippen LogP contribution in [0.1, 0.15) is 19.3 Å². The molecule has 1 aromatic carbocycles. The third kappa shape index (κ3) is 3.18. The monoisotopic (exact) mass is 267 g/mol. The Hall–Kier alpha value is -2.18. The summed E-state index contributed by atoms with van der Waals surface area (Å²) in [6.07, 6.45) is 2.37. The smallest absolute Gasteiger partial charge is 0.272 e. The lowest BCUT2D eigenvalue weighted by molar-refractivity contribution is -0.385. The maximum atomic E-state index is 13.7. The van der Waals surface area contributed by atoms with E-state index in [2.05, 4.69) is 10.6 Å². The number of carbonyl (C=O) groups excluding carboxylic acids is 1. The van der Waals surface area contributed by atoms with Gasteiger partial charge in [0.15, 0.2) is 5.82 Å². The maximum Gasteiger partial charge on any atom is 0.272 e. The molecule has 0 radical (unpaired) electrons. The topological polar surface area (TPSA) is 84.3 Å². The van der Waals surface area contributed by atoms with E-state index in [1.165, 1.54) is 12.1 Å². The summed E-state index contributed by atoms with van der Waals surface area (Å²) in [4.78, 5) is 21.5. The van der Waals surface area contributed by atoms with Crippen LogP contribution in [0.15, 0.2) is 18.2 Å². The molecule has 2 N–H and O–H groups in total. The molecule has 0 aliphatic carbocycles. The molecule has 1 fully saturated rings. The van der Waals surface area contributed by atoms with Gasteiger partial charge in [-0.05, 0) is 25.3 Å². The highest BCUT2D eigenvalue weighted by Crippen LogP contribution is 2.22. The van der Waals surface area contributed by atoms with Crippen LogP contribution in [-0.4, -0.2) is 23.4 Å². The molecular weight excluding hydrogens is 253 g/mol. The Morgan fingerprint density at radius 3 is 2.89 bits per heavy atom. The summed E-state index contributed by atoms with van der Waals surface area (Å²) in [6.45, 7) is 0.625. The van der Waals surface area contributed by atoms with E-state index >= 15 is 0 Å². The highest BCUT2D eigenvalue weighted by molar-refractivity contribution is 5.84. The van der Waals surface area contributed by atoms with Gasteiger partial charge in [0, 0.05) is 12.6 Å². The minimum Gasteiger partial charge on any atom is -0.371 e. The molecule has 2 rings (SSSR count). The molecule has 1 aliphatic rings. The number of non-ortho nitro benzene ring substituents is 1. The van der Waals surface area contributed by atoms with Crippen molar-refractivity contribution in [1.82, 2.24) is 5.32 Å². The lowest BCUT2D eigenvalue weighted by atomic mass is 10.1. The summed E-state index contributed by atoms with van der Waals surface area (Å²) in [6, 6.07) is 2.83. The zero-order chi connectivity index (χ0) is 13.8. The van der Waals surface area contributed by atoms with E-state index in [0.717, 1.165) is 18.9 Å². The highest BCUT2D eigenvalue weighted by Gasteiger charge is 2.22. The maximum absolute atomic E-state index is 13.7. The van der Waals surface area contributed by atoms with Gasteiger partial charge < -0.3 is 10.6 Å². The zero-order valence-electron chi connectivity index (χ0n) is 10.2. The van der Waals surface area contributed by atoms with Crippen LogP contribution in [0.25, 0.3) is 0 Å². The number of anilines is 1. The SMILES string of the molecule is O=C1NCCCCC1Nc1ccc([N+](=O)[O-])cc1F. The highest BCUT2D eigenvalue weighted by atomic mass is 19.1. The van der Waals surface area contributed by atoms with Gasteiger partial charge in [0.1, 0.15) is 6.04 Å². The second-order valence-electron chi connectivity index (χ2n) is 4.40. The van der Waals surface area contributed by atoms with Crippen molar-refractivity contribution < 1.29 is 14.1 Å². The number of halogens is 1. The van der Waals surface area contributed by atoms with Gasteiger partial charge in [-0.2, -0.15) is 0 Å². The van der Waals surface area contributed by atoms with Crippen molar-refractivity contribution in [3.8, 4) is 0 Å². The molecule has 7 heteroatoms. The fourth-order valence-corrected chi connectivity index (χ4v) is 2.00. The van der Waals surface area contributed by atoms with E-state index in [0.29, 0.717) is 13.0 Å². The molecule has 1 atom stereocenters. The van der Waals surface area contributed by atoms with Gasteiger partial charge >= 0.3 is 0 Å². The van der Waals surface area contributed by atoms with Crippen LogP contribution in [-0.2, 0) is 4.79 Å². The van der Waals surface area contributed by atoms with Crippen molar-refractivity contribution in [2.24, 2.45) is 0 Å². The van der Waals surface area contributed by atoms with E-state index in [-0.39, 0.29) is 17.3 Å². The Morgan fingerprint density at radius 1 is 1.42 bits per heavy atom. The standard InChI is InChI=1S/C12H14FN3O3/c13-9-7-8(16(18)19)4-5-10(9)15-11-3-1-2-6-14-12(11)17/h4-5,7,11,15H,1-3,6H2,(H,14,17). The van der Waals surface area contributed by atoms with Crippen molar-refractivity contribution in [3.05, 3.63) is 34.1 Å². The van der Waals surface area contributed by atoms with Gasteiger partial charge in [-0.15, -0.1) is 0 Å². The van der Waals surface area contributed by atoms with Gasteiger partial charge in [-0.3, -0.25) is 14.9 Å². The Bertz CT molecular complexity index is 507. The van der Waals surface area contributed by atoms with Crippen LogP contribution in [0.2, 0.25) is 0 Å². The number of rotatable bonds is 3. The largest absolute Gasteiger partial charge is 0.371 e. The van der Waals surface area contributed by atoms with Crippen LogP contribution < -0.4 is 10.6 Å². The molecule has 1 saturated heterocycles. The summed E-state index contributed by atoms with van der Waals surface area (Å²) < 4.78 is 13.7. The van der Waals surface area contributed by atoms with Crippen LogP contribution in [0.5, 0.6) is 0 Å². The number of amides is 1. The number of nitro benzene ring substituents is 1. The molecule has 1 aromatic rings. The first-order valence-corrected chi connectivity index (χ1v) is 6.06. The molecule has 102 valence electrons. The van der Waals surface area contributed by atoms with Gasteiger partial charge in [-0.1, -0.05) is 0 Å². The summed E-state index contributed by atoms with van der Waals surface area (Å²) >= 11 is 0. The molecule has 0 aromatic heterocycles. The molecule has 1 heterocycles. The fraction of sp³-hybridized carbons (Fsp3) is 0.417. The third-order valence-electron chi connectivity index (χ3n) is 3.03. The summed E-state index contributed by atoms with van der Waals surface area (Å²) in [5.41, 5.74) is -0.207. The van der Waals surface area contributed by atoms with Crippen molar-refractivity contribution >= 4 is 17.3 Å². The number of hydrogen-bond donors (Lipinski definition) is 2. The molecule has 1 amide bonds. The summed E-state index contributed by atoms with van der Waals surface area (Å²) in [7, 11) is 0.